The van der Waals surface area contributed by atoms with Crippen molar-refractivity contribution >= 4 is 28.9 Å². The van der Waals surface area contributed by atoms with Crippen LogP contribution in [0.3, 0.4) is 0 Å². The van der Waals surface area contributed by atoms with Crippen LogP contribution in [0.5, 0.6) is 0 Å². The van der Waals surface area contributed by atoms with E-state index in [9.17, 15) is 9.79 Å². The summed E-state index contributed by atoms with van der Waals surface area (Å²) in [5.74, 6) is 0. The van der Waals surface area contributed by atoms with Gasteiger partial charge in [0.2, 0.25) is 0 Å². The number of benzene rings is 1. The van der Waals surface area contributed by atoms with Gasteiger partial charge in [0.25, 0.3) is 0 Å². The summed E-state index contributed by atoms with van der Waals surface area (Å²) in [6, 6.07) is 3.94. The summed E-state index contributed by atoms with van der Waals surface area (Å²) in [4.78, 5) is 23.3. The molecule has 1 aromatic rings. The molecule has 0 spiro atoms. The first-order valence-electron chi connectivity index (χ1n) is 6.22. The third-order valence-corrected chi connectivity index (χ3v) is 5.67. The molecule has 0 aliphatic carbocycles. The van der Waals surface area contributed by atoms with Gasteiger partial charge in [0, 0.05) is 4.90 Å². The average Bonchev–Trinajstić information content (AvgIpc) is 2.26. The van der Waals surface area contributed by atoms with Crippen LogP contribution >= 0.6 is 17.1 Å². The van der Waals surface area contributed by atoms with Gasteiger partial charge >= 0.3 is 19.5 Å². The zero-order valence-electron chi connectivity index (χ0n) is 11.8. The predicted molar refractivity (Wildman–Crippen MR) is 79.3 cm³/mol. The molecule has 0 fully saturated rings. The molecule has 0 radical (unpaired) electrons. The molecule has 0 saturated carbocycles. The van der Waals surface area contributed by atoms with E-state index >= 15 is 0 Å². The molecule has 19 heavy (non-hydrogen) atoms. The minimum absolute atomic E-state index is 0. The summed E-state index contributed by atoms with van der Waals surface area (Å²) in [7, 11) is 0. The molecule has 6 heteroatoms. The van der Waals surface area contributed by atoms with Crippen LogP contribution < -0.4 is 9.79 Å². The molecule has 0 aromatic heterocycles. The fourth-order valence-corrected chi connectivity index (χ4v) is 4.78. The normalized spacial score (nSPS) is 11.2. The molecule has 0 atom stereocenters. The van der Waals surface area contributed by atoms with Gasteiger partial charge in [-0.1, -0.05) is 32.8 Å². The standard InChI is InChI=1S/C13H21O2PS2.Zn/c1-4-6-11-8-9-13(18-16(14,15)17)10(3)12(11)7-5-2;/h8-9H,4-7H2,1-3H3,(H2,14,15,17);/q;+2/p-2. The predicted octanol–water partition coefficient (Wildman–Crippen LogP) is 2.93. The van der Waals surface area contributed by atoms with E-state index < -0.39 is 5.69 Å². The quantitative estimate of drug-likeness (QED) is 0.573. The fourth-order valence-electron chi connectivity index (χ4n) is 2.11. The van der Waals surface area contributed by atoms with Crippen molar-refractivity contribution in [2.24, 2.45) is 0 Å². The van der Waals surface area contributed by atoms with Gasteiger partial charge in [0.1, 0.15) is 0 Å². The summed E-state index contributed by atoms with van der Waals surface area (Å²) in [5.41, 5.74) is -0.0183. The number of hydrogen-bond acceptors (Lipinski definition) is 4. The Bertz CT molecular complexity index is 460. The average molecular weight is 368 g/mol. The van der Waals surface area contributed by atoms with Crippen LogP contribution in [0.4, 0.5) is 0 Å². The number of aryl methyl sites for hydroxylation is 1. The first kappa shape index (κ1) is 19.8. The van der Waals surface area contributed by atoms with Gasteiger partial charge in [-0.2, -0.15) is 5.69 Å². The van der Waals surface area contributed by atoms with Crippen molar-refractivity contribution in [3.05, 3.63) is 28.8 Å². The smallest absolute Gasteiger partial charge is 0.824 e. The molecule has 0 bridgehead atoms. The summed E-state index contributed by atoms with van der Waals surface area (Å²) < 4.78 is 0. The Morgan fingerprint density at radius 1 is 1.16 bits per heavy atom. The van der Waals surface area contributed by atoms with Crippen molar-refractivity contribution < 1.29 is 29.3 Å². The molecule has 1 rings (SSSR count). The molecule has 0 aliphatic rings. The van der Waals surface area contributed by atoms with E-state index in [0.29, 0.717) is 0 Å². The Labute approximate surface area is 138 Å². The first-order chi connectivity index (χ1) is 8.39. The molecule has 0 saturated heterocycles. The second kappa shape index (κ2) is 8.92. The van der Waals surface area contributed by atoms with Crippen LogP contribution in [-0.2, 0) is 44.1 Å². The van der Waals surface area contributed by atoms with E-state index in [0.717, 1.165) is 47.5 Å². The van der Waals surface area contributed by atoms with E-state index in [1.165, 1.54) is 11.1 Å². The van der Waals surface area contributed by atoms with Crippen LogP contribution in [0.15, 0.2) is 17.0 Å². The van der Waals surface area contributed by atoms with Gasteiger partial charge in [-0.15, -0.1) is 23.2 Å². The van der Waals surface area contributed by atoms with Crippen molar-refractivity contribution in [2.45, 2.75) is 51.3 Å². The largest absolute Gasteiger partial charge is 2.00 e. The molecule has 0 unspecified atom stereocenters. The van der Waals surface area contributed by atoms with Gasteiger partial charge in [-0.25, -0.2) is 0 Å². The van der Waals surface area contributed by atoms with Crippen LogP contribution in [0, 0.1) is 6.92 Å². The summed E-state index contributed by atoms with van der Waals surface area (Å²) in [5, 5.41) is 0. The van der Waals surface area contributed by atoms with Crippen LogP contribution in [0.25, 0.3) is 0 Å². The van der Waals surface area contributed by atoms with Crippen LogP contribution in [-0.4, -0.2) is 0 Å². The molecule has 0 amide bonds. The van der Waals surface area contributed by atoms with Crippen molar-refractivity contribution in [1.29, 1.82) is 0 Å². The van der Waals surface area contributed by atoms with Gasteiger partial charge < -0.3 is 9.79 Å². The third kappa shape index (κ3) is 6.37. The Kier molecular flexibility index (Phi) is 9.28. The Balaban J connectivity index is 0.00000324. The van der Waals surface area contributed by atoms with E-state index in [4.69, 9.17) is 0 Å². The second-order valence-corrected chi connectivity index (χ2v) is 10.0. The van der Waals surface area contributed by atoms with Gasteiger partial charge in [-0.3, -0.25) is 0 Å². The van der Waals surface area contributed by atoms with Crippen molar-refractivity contribution in [1.82, 2.24) is 0 Å². The van der Waals surface area contributed by atoms with Crippen molar-refractivity contribution in [3.63, 3.8) is 0 Å². The van der Waals surface area contributed by atoms with E-state index in [-0.39, 0.29) is 19.5 Å². The summed E-state index contributed by atoms with van der Waals surface area (Å²) in [6.45, 7) is 6.29. The molecule has 0 aliphatic heterocycles. The summed E-state index contributed by atoms with van der Waals surface area (Å²) >= 11 is 5.29. The van der Waals surface area contributed by atoms with Crippen LogP contribution in [0.2, 0.25) is 0 Å². The van der Waals surface area contributed by atoms with E-state index in [2.05, 4.69) is 31.7 Å². The first-order valence-corrected chi connectivity index (χ1v) is 10.3. The van der Waals surface area contributed by atoms with Crippen molar-refractivity contribution in [2.75, 3.05) is 0 Å². The minimum Gasteiger partial charge on any atom is -0.824 e. The summed E-state index contributed by atoms with van der Waals surface area (Å²) in [6.07, 6.45) is 4.21. The fraction of sp³-hybridized carbons (Fsp3) is 0.538. The second-order valence-electron chi connectivity index (χ2n) is 4.36. The monoisotopic (exact) mass is 366 g/mol. The van der Waals surface area contributed by atoms with E-state index in [1.807, 2.05) is 13.0 Å². The maximum absolute atomic E-state index is 11.2. The Hall–Kier alpha value is 0.763. The molecule has 0 N–H and O–H groups in total. The molecule has 0 heterocycles. The third-order valence-electron chi connectivity index (χ3n) is 2.88. The zero-order valence-corrected chi connectivity index (χ0v) is 17.3. The maximum Gasteiger partial charge on any atom is 2.00 e. The maximum atomic E-state index is 11.2. The molecule has 2 nitrogen and oxygen atoms in total. The number of hydrogen-bond donors (Lipinski definition) is 0. The number of rotatable bonds is 6. The van der Waals surface area contributed by atoms with E-state index in [1.54, 1.807) is 0 Å². The molecule has 102 valence electrons. The van der Waals surface area contributed by atoms with Gasteiger partial charge in [0.05, 0.1) is 0 Å². The van der Waals surface area contributed by atoms with Gasteiger partial charge in [0.15, 0.2) is 0 Å². The van der Waals surface area contributed by atoms with Gasteiger partial charge in [-0.05, 0) is 42.5 Å². The zero-order chi connectivity index (χ0) is 13.8. The topological polar surface area (TPSA) is 46.1 Å². The Morgan fingerprint density at radius 3 is 2.21 bits per heavy atom. The van der Waals surface area contributed by atoms with Crippen LogP contribution in [0.1, 0.15) is 43.4 Å². The molecular weight excluding hydrogens is 349 g/mol. The minimum atomic E-state index is -3.73. The SMILES string of the molecule is CCCc1ccc(SP([O-])([O-])=S)c(C)c1CCC.[Zn+2]. The Morgan fingerprint density at radius 2 is 1.74 bits per heavy atom. The van der Waals surface area contributed by atoms with Crippen molar-refractivity contribution in [3.8, 4) is 0 Å². The molecular formula is C13H19O2PS2Zn. The molecule has 1 aromatic carbocycles.